The zero-order chi connectivity index (χ0) is 17.5. The standard InChI is InChI=1S/C13H15BrF3N5O/c1-5-9(14)7(3)22(21-5)8(4)12(23)18-10-6(2)19-20-11(10)13(15,16)17/h8H,1-4H3,(H,18,23)(H,19,20). The highest BCUT2D eigenvalue weighted by molar-refractivity contribution is 9.10. The molecule has 6 nitrogen and oxygen atoms in total. The lowest BCUT2D eigenvalue weighted by Gasteiger charge is -2.15. The Bertz CT molecular complexity index is 750. The van der Waals surface area contributed by atoms with Crippen molar-refractivity contribution in [2.24, 2.45) is 0 Å². The van der Waals surface area contributed by atoms with Gasteiger partial charge in [0.25, 0.3) is 0 Å². The number of nitrogens with zero attached hydrogens (tertiary/aromatic N) is 3. The van der Waals surface area contributed by atoms with Crippen LogP contribution < -0.4 is 5.32 Å². The first-order valence-corrected chi connectivity index (χ1v) is 7.47. The molecular formula is C13H15BrF3N5O. The fraction of sp³-hybridized carbons (Fsp3) is 0.462. The number of carbonyl (C=O) groups is 1. The molecule has 1 amide bonds. The van der Waals surface area contributed by atoms with Crippen LogP contribution in [0.1, 0.15) is 35.7 Å². The van der Waals surface area contributed by atoms with E-state index in [9.17, 15) is 18.0 Å². The van der Waals surface area contributed by atoms with Crippen LogP contribution in [0, 0.1) is 20.8 Å². The van der Waals surface area contributed by atoms with Gasteiger partial charge in [0.1, 0.15) is 6.04 Å². The van der Waals surface area contributed by atoms with Crippen molar-refractivity contribution in [1.82, 2.24) is 20.0 Å². The topological polar surface area (TPSA) is 75.6 Å². The van der Waals surface area contributed by atoms with E-state index >= 15 is 0 Å². The van der Waals surface area contributed by atoms with E-state index in [4.69, 9.17) is 0 Å². The molecule has 23 heavy (non-hydrogen) atoms. The fourth-order valence-corrected chi connectivity index (χ4v) is 2.41. The number of nitrogens with one attached hydrogen (secondary N) is 2. The molecule has 10 heteroatoms. The van der Waals surface area contributed by atoms with E-state index in [2.05, 4.69) is 36.5 Å². The number of anilines is 1. The van der Waals surface area contributed by atoms with Gasteiger partial charge < -0.3 is 5.32 Å². The number of aryl methyl sites for hydroxylation is 2. The third-order valence-electron chi connectivity index (χ3n) is 3.45. The van der Waals surface area contributed by atoms with Crippen molar-refractivity contribution >= 4 is 27.5 Å². The first-order valence-electron chi connectivity index (χ1n) is 6.68. The van der Waals surface area contributed by atoms with Gasteiger partial charge in [0, 0.05) is 0 Å². The number of halogens is 4. The first-order chi connectivity index (χ1) is 10.5. The fourth-order valence-electron chi connectivity index (χ4n) is 2.15. The predicted molar refractivity (Wildman–Crippen MR) is 81.1 cm³/mol. The molecule has 2 heterocycles. The van der Waals surface area contributed by atoms with Crippen LogP contribution in [0.25, 0.3) is 0 Å². The summed E-state index contributed by atoms with van der Waals surface area (Å²) in [6.07, 6.45) is -4.65. The highest BCUT2D eigenvalue weighted by Crippen LogP contribution is 2.35. The molecule has 2 N–H and O–H groups in total. The number of aromatic amines is 1. The van der Waals surface area contributed by atoms with Crippen molar-refractivity contribution in [2.45, 2.75) is 39.9 Å². The van der Waals surface area contributed by atoms with Crippen LogP contribution in [-0.4, -0.2) is 25.9 Å². The maximum Gasteiger partial charge on any atom is 0.437 e. The van der Waals surface area contributed by atoms with Gasteiger partial charge >= 0.3 is 6.18 Å². The quantitative estimate of drug-likeness (QED) is 0.837. The van der Waals surface area contributed by atoms with Gasteiger partial charge in [-0.15, -0.1) is 0 Å². The lowest BCUT2D eigenvalue weighted by atomic mass is 10.2. The Morgan fingerprint density at radius 3 is 2.43 bits per heavy atom. The number of amides is 1. The number of alkyl halides is 3. The Balaban J connectivity index is 2.29. The molecule has 2 aromatic heterocycles. The number of hydrogen-bond donors (Lipinski definition) is 2. The average molecular weight is 394 g/mol. The zero-order valence-electron chi connectivity index (χ0n) is 12.8. The largest absolute Gasteiger partial charge is 0.437 e. The second kappa shape index (κ2) is 5.99. The molecule has 0 saturated heterocycles. The summed E-state index contributed by atoms with van der Waals surface area (Å²) in [7, 11) is 0. The third kappa shape index (κ3) is 3.26. The molecule has 2 aromatic rings. The molecule has 0 radical (unpaired) electrons. The summed E-state index contributed by atoms with van der Waals surface area (Å²) in [6, 6.07) is -0.782. The maximum atomic E-state index is 12.9. The Morgan fingerprint density at radius 1 is 1.35 bits per heavy atom. The molecule has 0 aliphatic carbocycles. The Kier molecular flexibility index (Phi) is 4.56. The van der Waals surface area contributed by atoms with Crippen LogP contribution in [0.4, 0.5) is 18.9 Å². The summed E-state index contributed by atoms with van der Waals surface area (Å²) in [5.74, 6) is -0.613. The molecule has 0 aromatic carbocycles. The SMILES string of the molecule is Cc1nn(C(C)C(=O)Nc2c(C(F)(F)F)n[nH]c2C)c(C)c1Br. The molecule has 2 rings (SSSR count). The second-order valence-corrected chi connectivity index (χ2v) is 5.96. The minimum atomic E-state index is -4.65. The van der Waals surface area contributed by atoms with Gasteiger partial charge in [-0.2, -0.15) is 23.4 Å². The van der Waals surface area contributed by atoms with Crippen molar-refractivity contribution in [3.05, 3.63) is 27.2 Å². The monoisotopic (exact) mass is 393 g/mol. The van der Waals surface area contributed by atoms with Gasteiger partial charge in [0.15, 0.2) is 5.69 Å². The van der Waals surface area contributed by atoms with E-state index in [1.165, 1.54) is 11.6 Å². The highest BCUT2D eigenvalue weighted by Gasteiger charge is 2.38. The zero-order valence-corrected chi connectivity index (χ0v) is 14.4. The number of carbonyl (C=O) groups excluding carboxylic acids is 1. The lowest BCUT2D eigenvalue weighted by molar-refractivity contribution is -0.140. The molecule has 126 valence electrons. The van der Waals surface area contributed by atoms with Crippen LogP contribution in [0.15, 0.2) is 4.47 Å². The van der Waals surface area contributed by atoms with Crippen molar-refractivity contribution in [3.63, 3.8) is 0 Å². The van der Waals surface area contributed by atoms with Gasteiger partial charge in [-0.3, -0.25) is 14.6 Å². The average Bonchev–Trinajstić information content (AvgIpc) is 2.93. The van der Waals surface area contributed by atoms with Crippen LogP contribution in [0.2, 0.25) is 0 Å². The van der Waals surface area contributed by atoms with Crippen molar-refractivity contribution < 1.29 is 18.0 Å². The predicted octanol–water partition coefficient (Wildman–Crippen LogP) is 3.51. The summed E-state index contributed by atoms with van der Waals surface area (Å²) in [5, 5.41) is 12.0. The van der Waals surface area contributed by atoms with Gasteiger partial charge in [-0.05, 0) is 43.6 Å². The molecule has 1 atom stereocenters. The Morgan fingerprint density at radius 2 is 1.96 bits per heavy atom. The van der Waals surface area contributed by atoms with E-state index in [1.807, 2.05) is 0 Å². The van der Waals surface area contributed by atoms with Crippen LogP contribution in [-0.2, 0) is 11.0 Å². The normalized spacial score (nSPS) is 13.2. The van der Waals surface area contributed by atoms with E-state index in [0.29, 0.717) is 11.4 Å². The van der Waals surface area contributed by atoms with Gasteiger partial charge in [0.2, 0.25) is 5.91 Å². The van der Waals surface area contributed by atoms with Crippen LogP contribution >= 0.6 is 15.9 Å². The lowest BCUT2D eigenvalue weighted by Crippen LogP contribution is -2.26. The number of rotatable bonds is 3. The second-order valence-electron chi connectivity index (χ2n) is 5.16. The molecule has 0 aliphatic rings. The maximum absolute atomic E-state index is 12.9. The van der Waals surface area contributed by atoms with Crippen molar-refractivity contribution in [1.29, 1.82) is 0 Å². The Labute approximate surface area is 138 Å². The molecule has 0 aliphatic heterocycles. The smallest absolute Gasteiger partial charge is 0.321 e. The summed E-state index contributed by atoms with van der Waals surface area (Å²) >= 11 is 3.35. The highest BCUT2D eigenvalue weighted by atomic mass is 79.9. The van der Waals surface area contributed by atoms with E-state index in [1.54, 1.807) is 20.8 Å². The molecular weight excluding hydrogens is 379 g/mol. The van der Waals surface area contributed by atoms with Crippen LogP contribution in [0.3, 0.4) is 0 Å². The van der Waals surface area contributed by atoms with E-state index in [0.717, 1.165) is 4.47 Å². The summed E-state index contributed by atoms with van der Waals surface area (Å²) in [6.45, 7) is 6.49. The van der Waals surface area contributed by atoms with E-state index < -0.39 is 23.8 Å². The first kappa shape index (κ1) is 17.5. The van der Waals surface area contributed by atoms with E-state index in [-0.39, 0.29) is 11.4 Å². The summed E-state index contributed by atoms with van der Waals surface area (Å²) < 4.78 is 40.9. The minimum absolute atomic E-state index is 0.132. The molecule has 0 fully saturated rings. The molecule has 0 saturated carbocycles. The number of H-pyrrole nitrogens is 1. The molecule has 0 bridgehead atoms. The van der Waals surface area contributed by atoms with Gasteiger partial charge in [-0.25, -0.2) is 0 Å². The number of aromatic nitrogens is 4. The van der Waals surface area contributed by atoms with Crippen molar-refractivity contribution in [2.75, 3.05) is 5.32 Å². The molecule has 0 spiro atoms. The summed E-state index contributed by atoms with van der Waals surface area (Å²) in [4.78, 5) is 12.3. The van der Waals surface area contributed by atoms with Crippen molar-refractivity contribution in [3.8, 4) is 0 Å². The third-order valence-corrected chi connectivity index (χ3v) is 4.59. The van der Waals surface area contributed by atoms with Crippen LogP contribution in [0.5, 0.6) is 0 Å². The minimum Gasteiger partial charge on any atom is -0.321 e. The number of hydrogen-bond acceptors (Lipinski definition) is 3. The summed E-state index contributed by atoms with van der Waals surface area (Å²) in [5.41, 5.74) is 0.0233. The Hall–Kier alpha value is -1.84. The van der Waals surface area contributed by atoms with Gasteiger partial charge in [-0.1, -0.05) is 0 Å². The molecule has 1 unspecified atom stereocenters. The van der Waals surface area contributed by atoms with Gasteiger partial charge in [0.05, 0.1) is 27.2 Å².